The minimum absolute atomic E-state index is 0.00310. The summed E-state index contributed by atoms with van der Waals surface area (Å²) >= 11 is 1.25. The molecule has 0 aliphatic carbocycles. The first kappa shape index (κ1) is 22.5. The Labute approximate surface area is 198 Å². The SMILES string of the molecule is Cc1cc2cccnc2n1Cc1sc2c(c1C(=O)N1C[C@H](O)CO1)c(=O)n(C)c(=O)n2C(C)C. The number of rotatable bonds is 4. The van der Waals surface area contributed by atoms with Crippen LogP contribution >= 0.6 is 11.3 Å². The number of hydroxylamine groups is 2. The van der Waals surface area contributed by atoms with Crippen LogP contribution in [0, 0.1) is 6.92 Å². The Morgan fingerprint density at radius 3 is 2.79 bits per heavy atom. The van der Waals surface area contributed by atoms with E-state index in [1.54, 1.807) is 10.8 Å². The molecular formula is C23H25N5O5S. The highest BCUT2D eigenvalue weighted by atomic mass is 32.1. The number of carbonyl (C=O) groups excluding carboxylic acids is 1. The molecule has 178 valence electrons. The first-order chi connectivity index (χ1) is 16.2. The molecule has 1 saturated heterocycles. The average Bonchev–Trinajstić information content (AvgIpc) is 3.47. The van der Waals surface area contributed by atoms with Gasteiger partial charge in [0.15, 0.2) is 0 Å². The molecule has 0 spiro atoms. The van der Waals surface area contributed by atoms with Gasteiger partial charge < -0.3 is 9.67 Å². The van der Waals surface area contributed by atoms with Crippen molar-refractivity contribution in [3.63, 3.8) is 0 Å². The molecule has 10 nitrogen and oxygen atoms in total. The Bertz CT molecular complexity index is 1560. The number of thiophene rings is 1. The van der Waals surface area contributed by atoms with Gasteiger partial charge in [-0.05, 0) is 39.0 Å². The molecule has 0 bridgehead atoms. The smallest absolute Gasteiger partial charge is 0.332 e. The zero-order valence-corrected chi connectivity index (χ0v) is 20.1. The van der Waals surface area contributed by atoms with Gasteiger partial charge in [0.1, 0.15) is 23.2 Å². The van der Waals surface area contributed by atoms with Crippen LogP contribution in [0.5, 0.6) is 0 Å². The van der Waals surface area contributed by atoms with E-state index in [4.69, 9.17) is 4.84 Å². The Kier molecular flexibility index (Phi) is 5.42. The van der Waals surface area contributed by atoms with Crippen molar-refractivity contribution in [2.45, 2.75) is 39.5 Å². The number of fused-ring (bicyclic) bond motifs is 2. The molecule has 1 atom stereocenters. The molecule has 1 N–H and O–H groups in total. The lowest BCUT2D eigenvalue weighted by Crippen LogP contribution is -2.39. The summed E-state index contributed by atoms with van der Waals surface area (Å²) in [5, 5.41) is 12.2. The maximum atomic E-state index is 13.6. The third-order valence-corrected chi connectivity index (χ3v) is 7.29. The number of hydrogen-bond donors (Lipinski definition) is 1. The van der Waals surface area contributed by atoms with Crippen LogP contribution < -0.4 is 11.2 Å². The average molecular weight is 484 g/mol. The number of carbonyl (C=O) groups is 1. The molecule has 1 fully saturated rings. The van der Waals surface area contributed by atoms with E-state index in [1.165, 1.54) is 18.4 Å². The quantitative estimate of drug-likeness (QED) is 0.474. The molecule has 0 radical (unpaired) electrons. The van der Waals surface area contributed by atoms with Gasteiger partial charge in [0.2, 0.25) is 0 Å². The molecule has 11 heteroatoms. The summed E-state index contributed by atoms with van der Waals surface area (Å²) in [6, 6.07) is 5.62. The number of β-amino-alcohol motifs (C(OH)–C–C–N with tert-alkyl or cyclic N) is 1. The van der Waals surface area contributed by atoms with Crippen LogP contribution in [0.1, 0.15) is 40.8 Å². The van der Waals surface area contributed by atoms with Crippen LogP contribution in [0.2, 0.25) is 0 Å². The molecule has 5 heterocycles. The van der Waals surface area contributed by atoms with Gasteiger partial charge in [-0.3, -0.25) is 23.6 Å². The van der Waals surface area contributed by atoms with Gasteiger partial charge in [-0.15, -0.1) is 11.3 Å². The first-order valence-corrected chi connectivity index (χ1v) is 11.8. The predicted molar refractivity (Wildman–Crippen MR) is 128 cm³/mol. The van der Waals surface area contributed by atoms with Crippen molar-refractivity contribution in [1.82, 2.24) is 23.7 Å². The monoisotopic (exact) mass is 483 g/mol. The first-order valence-electron chi connectivity index (χ1n) is 11.0. The molecule has 0 saturated carbocycles. The van der Waals surface area contributed by atoms with E-state index in [9.17, 15) is 19.5 Å². The third kappa shape index (κ3) is 3.39. The van der Waals surface area contributed by atoms with Crippen LogP contribution in [0.15, 0.2) is 34.0 Å². The molecule has 0 aromatic carbocycles. The number of nitrogens with zero attached hydrogens (tertiary/aromatic N) is 5. The van der Waals surface area contributed by atoms with Gasteiger partial charge >= 0.3 is 5.69 Å². The van der Waals surface area contributed by atoms with Crippen LogP contribution in [-0.2, 0) is 18.4 Å². The molecule has 1 aliphatic rings. The Morgan fingerprint density at radius 2 is 2.12 bits per heavy atom. The van der Waals surface area contributed by atoms with Gasteiger partial charge in [-0.1, -0.05) is 0 Å². The van der Waals surface area contributed by atoms with Gasteiger partial charge in [0, 0.05) is 35.2 Å². The number of amides is 1. The lowest BCUT2D eigenvalue weighted by atomic mass is 10.1. The maximum absolute atomic E-state index is 13.6. The van der Waals surface area contributed by atoms with Crippen LogP contribution in [-0.4, -0.2) is 54.0 Å². The second-order valence-corrected chi connectivity index (χ2v) is 9.88. The molecule has 4 aromatic heterocycles. The molecule has 5 rings (SSSR count). The highest BCUT2D eigenvalue weighted by Gasteiger charge is 2.33. The Balaban J connectivity index is 1.80. The van der Waals surface area contributed by atoms with E-state index in [2.05, 4.69) is 4.98 Å². The molecule has 34 heavy (non-hydrogen) atoms. The van der Waals surface area contributed by atoms with Crippen molar-refractivity contribution >= 4 is 38.5 Å². The number of hydrogen-bond acceptors (Lipinski definition) is 7. The van der Waals surface area contributed by atoms with Crippen molar-refractivity contribution in [2.75, 3.05) is 13.2 Å². The highest BCUT2D eigenvalue weighted by Crippen LogP contribution is 2.33. The number of aromatic nitrogens is 4. The molecule has 4 aromatic rings. The maximum Gasteiger partial charge on any atom is 0.332 e. The summed E-state index contributed by atoms with van der Waals surface area (Å²) in [4.78, 5) is 50.8. The third-order valence-electron chi connectivity index (χ3n) is 6.11. The minimum Gasteiger partial charge on any atom is -0.389 e. The minimum atomic E-state index is -0.797. The van der Waals surface area contributed by atoms with Crippen LogP contribution in [0.25, 0.3) is 21.3 Å². The van der Waals surface area contributed by atoms with Crippen molar-refractivity contribution in [3.8, 4) is 0 Å². The standard InChI is InChI=1S/C23H25N5O5S/c1-12(2)28-22-18(20(30)25(4)23(28)32)17(21(31)27-9-15(29)11-33-27)16(34-22)10-26-13(3)8-14-6-5-7-24-19(14)26/h5-8,12,15,29H,9-11H2,1-4H3/t15-/m0/s1. The zero-order valence-electron chi connectivity index (χ0n) is 19.3. The Hall–Kier alpha value is -3.28. The number of aliphatic hydroxyl groups is 1. The van der Waals surface area contributed by atoms with Crippen molar-refractivity contribution < 1.29 is 14.7 Å². The fourth-order valence-electron chi connectivity index (χ4n) is 4.43. The summed E-state index contributed by atoms with van der Waals surface area (Å²) in [5.41, 5.74) is 0.941. The Morgan fingerprint density at radius 1 is 1.35 bits per heavy atom. The molecular weight excluding hydrogens is 458 g/mol. The van der Waals surface area contributed by atoms with Crippen molar-refractivity contribution in [2.24, 2.45) is 7.05 Å². The summed E-state index contributed by atoms with van der Waals surface area (Å²) in [6.45, 7) is 5.98. The van der Waals surface area contributed by atoms with E-state index in [-0.39, 0.29) is 30.1 Å². The summed E-state index contributed by atoms with van der Waals surface area (Å²) in [6.07, 6.45) is 0.912. The largest absolute Gasteiger partial charge is 0.389 e. The van der Waals surface area contributed by atoms with Gasteiger partial charge in [0.25, 0.3) is 11.5 Å². The van der Waals surface area contributed by atoms with Crippen molar-refractivity contribution in [1.29, 1.82) is 0 Å². The number of aliphatic hydroxyl groups excluding tert-OH is 1. The fourth-order valence-corrected chi connectivity index (χ4v) is 5.83. The van der Waals surface area contributed by atoms with E-state index >= 15 is 0 Å². The lowest BCUT2D eigenvalue weighted by molar-refractivity contribution is -0.0778. The van der Waals surface area contributed by atoms with E-state index in [1.807, 2.05) is 43.5 Å². The predicted octanol–water partition coefficient (Wildman–Crippen LogP) is 1.80. The molecule has 1 aliphatic heterocycles. The van der Waals surface area contributed by atoms with Crippen LogP contribution in [0.3, 0.4) is 0 Å². The van der Waals surface area contributed by atoms with E-state index in [0.29, 0.717) is 16.3 Å². The second kappa shape index (κ2) is 8.19. The zero-order chi connectivity index (χ0) is 24.3. The van der Waals surface area contributed by atoms with Gasteiger partial charge in [0.05, 0.1) is 24.0 Å². The lowest BCUT2D eigenvalue weighted by Gasteiger charge is -2.16. The fraction of sp³-hybridized carbons (Fsp3) is 0.391. The summed E-state index contributed by atoms with van der Waals surface area (Å²) < 4.78 is 4.56. The normalized spacial score (nSPS) is 16.4. The summed E-state index contributed by atoms with van der Waals surface area (Å²) in [5.74, 6) is -0.508. The number of pyridine rings is 1. The van der Waals surface area contributed by atoms with Crippen molar-refractivity contribution in [3.05, 3.63) is 61.4 Å². The molecule has 1 amide bonds. The van der Waals surface area contributed by atoms with Gasteiger partial charge in [-0.25, -0.2) is 14.8 Å². The topological polar surface area (TPSA) is 112 Å². The second-order valence-electron chi connectivity index (χ2n) is 8.79. The van der Waals surface area contributed by atoms with E-state index in [0.717, 1.165) is 26.4 Å². The molecule has 0 unspecified atom stereocenters. The van der Waals surface area contributed by atoms with E-state index < -0.39 is 23.3 Å². The number of aryl methyl sites for hydroxylation is 1. The summed E-state index contributed by atoms with van der Waals surface area (Å²) in [7, 11) is 1.41. The highest BCUT2D eigenvalue weighted by molar-refractivity contribution is 7.19. The van der Waals surface area contributed by atoms with Crippen LogP contribution in [0.4, 0.5) is 0 Å². The van der Waals surface area contributed by atoms with Gasteiger partial charge in [-0.2, -0.15) is 0 Å².